The molecule has 1 saturated heterocycles. The molecular weight excluding hydrogens is 498 g/mol. The van der Waals surface area contributed by atoms with E-state index < -0.39 is 29.4 Å². The normalized spacial score (nSPS) is 15.5. The number of carboxylic acid groups (broad SMARTS) is 1. The van der Waals surface area contributed by atoms with E-state index in [-0.39, 0.29) is 25.4 Å². The number of carboxylic acids is 1. The molecule has 0 spiro atoms. The van der Waals surface area contributed by atoms with Crippen LogP contribution in [0.2, 0.25) is 0 Å². The Morgan fingerprint density at radius 2 is 1.85 bits per heavy atom. The second-order valence-corrected chi connectivity index (χ2v) is 9.85. The van der Waals surface area contributed by atoms with Crippen LogP contribution in [-0.4, -0.2) is 70.7 Å². The Balaban J connectivity index is 1.49. The minimum Gasteiger partial charge on any atom is -0.497 e. The molecule has 2 aromatic carbocycles. The zero-order valence-corrected chi connectivity index (χ0v) is 22.2. The highest BCUT2D eigenvalue weighted by Gasteiger charge is 2.54. The molecule has 39 heavy (non-hydrogen) atoms. The molecule has 4 rings (SSSR count). The number of hydrogen-bond acceptors (Lipinski definition) is 5. The van der Waals surface area contributed by atoms with Gasteiger partial charge in [0.25, 0.3) is 0 Å². The van der Waals surface area contributed by atoms with Crippen molar-refractivity contribution in [3.63, 3.8) is 0 Å². The first-order valence-corrected chi connectivity index (χ1v) is 13.1. The third-order valence-electron chi connectivity index (χ3n) is 7.42. The first-order valence-electron chi connectivity index (χ1n) is 13.1. The van der Waals surface area contributed by atoms with Gasteiger partial charge >= 0.3 is 12.0 Å². The Labute approximate surface area is 227 Å². The molecular formula is C29H35N5O5. The highest BCUT2D eigenvalue weighted by atomic mass is 16.5. The van der Waals surface area contributed by atoms with Gasteiger partial charge in [0.15, 0.2) is 0 Å². The lowest BCUT2D eigenvalue weighted by molar-refractivity contribution is -0.155. The number of H-pyrrole nitrogens is 1. The van der Waals surface area contributed by atoms with Gasteiger partial charge in [0.1, 0.15) is 11.8 Å². The van der Waals surface area contributed by atoms with Crippen molar-refractivity contribution < 1.29 is 24.2 Å². The van der Waals surface area contributed by atoms with Gasteiger partial charge in [-0.2, -0.15) is 0 Å². The van der Waals surface area contributed by atoms with E-state index in [1.165, 1.54) is 0 Å². The number of aromatic nitrogens is 2. The fourth-order valence-electron chi connectivity index (χ4n) is 5.33. The smallest absolute Gasteiger partial charge is 0.315 e. The molecule has 10 heteroatoms. The van der Waals surface area contributed by atoms with Gasteiger partial charge in [0.05, 0.1) is 19.4 Å². The van der Waals surface area contributed by atoms with E-state index >= 15 is 0 Å². The molecule has 1 aromatic heterocycles. The summed E-state index contributed by atoms with van der Waals surface area (Å²) < 4.78 is 5.23. The number of carbonyl (C=O) groups excluding carboxylic acids is 2. The van der Waals surface area contributed by atoms with E-state index in [2.05, 4.69) is 20.6 Å². The minimum atomic E-state index is -0.877. The summed E-state index contributed by atoms with van der Waals surface area (Å²) in [6.07, 6.45) is 4.57. The van der Waals surface area contributed by atoms with Gasteiger partial charge in [-0.1, -0.05) is 49.4 Å². The van der Waals surface area contributed by atoms with Crippen LogP contribution in [0.1, 0.15) is 30.2 Å². The van der Waals surface area contributed by atoms with Crippen LogP contribution >= 0.6 is 0 Å². The summed E-state index contributed by atoms with van der Waals surface area (Å²) in [6.45, 7) is 2.76. The van der Waals surface area contributed by atoms with Crippen molar-refractivity contribution >= 4 is 17.9 Å². The number of nitrogens with zero attached hydrogens (tertiary/aromatic N) is 2. The third-order valence-corrected chi connectivity index (χ3v) is 7.42. The molecule has 1 aliphatic rings. The molecule has 1 fully saturated rings. The maximum atomic E-state index is 13.7. The summed E-state index contributed by atoms with van der Waals surface area (Å²) in [5.41, 5.74) is 1.97. The number of ether oxygens (including phenoxy) is 1. The number of amides is 3. The quantitative estimate of drug-likeness (QED) is 0.283. The second-order valence-electron chi connectivity index (χ2n) is 9.85. The van der Waals surface area contributed by atoms with Crippen molar-refractivity contribution in [3.8, 4) is 5.75 Å². The molecule has 3 aromatic rings. The number of rotatable bonds is 12. The van der Waals surface area contributed by atoms with Crippen LogP contribution in [0, 0.1) is 5.92 Å². The molecule has 0 aliphatic carbocycles. The molecule has 2 atom stereocenters. The van der Waals surface area contributed by atoms with Gasteiger partial charge in [-0.15, -0.1) is 0 Å². The fraction of sp³-hybridized carbons (Fsp3) is 0.379. The average molecular weight is 534 g/mol. The molecule has 2 heterocycles. The maximum absolute atomic E-state index is 13.7. The zero-order chi connectivity index (χ0) is 27.8. The Morgan fingerprint density at radius 1 is 1.13 bits per heavy atom. The number of carbonyl (C=O) groups is 3. The standard InChI is InChI=1S/C29H35N5O5/c1-3-24(27(36)37)29(21-7-5-4-6-8-21)17-34(18-29)26(35)25(15-20-9-11-23(39-2)12-10-20)33-28(38)31-14-13-22-16-30-19-32-22/h4-12,16,19,24-25H,3,13-15,17-18H2,1-2H3,(H,30,32)(H,36,37)(H2,31,33,38). The topological polar surface area (TPSA) is 137 Å². The molecule has 1 aliphatic heterocycles. The van der Waals surface area contributed by atoms with Crippen molar-refractivity contribution in [2.75, 3.05) is 26.7 Å². The number of aromatic amines is 1. The summed E-state index contributed by atoms with van der Waals surface area (Å²) in [4.78, 5) is 47.3. The number of benzene rings is 2. The first-order chi connectivity index (χ1) is 18.9. The lowest BCUT2D eigenvalue weighted by Crippen LogP contribution is -2.68. The highest BCUT2D eigenvalue weighted by molar-refractivity contribution is 5.88. The number of likely N-dealkylation sites (tertiary alicyclic amines) is 1. The van der Waals surface area contributed by atoms with Gasteiger partial charge < -0.3 is 30.4 Å². The molecule has 2 unspecified atom stereocenters. The van der Waals surface area contributed by atoms with E-state index in [9.17, 15) is 19.5 Å². The molecule has 0 radical (unpaired) electrons. The Kier molecular flexibility index (Phi) is 8.85. The van der Waals surface area contributed by atoms with Crippen LogP contribution in [-0.2, 0) is 27.8 Å². The van der Waals surface area contributed by atoms with E-state index in [4.69, 9.17) is 4.74 Å². The molecule has 206 valence electrons. The Bertz CT molecular complexity index is 1240. The monoisotopic (exact) mass is 533 g/mol. The van der Waals surface area contributed by atoms with Crippen LogP contribution in [0.15, 0.2) is 67.1 Å². The third kappa shape index (κ3) is 6.39. The number of nitrogens with one attached hydrogen (secondary N) is 3. The van der Waals surface area contributed by atoms with Gasteiger partial charge in [0, 0.05) is 49.8 Å². The number of methoxy groups -OCH3 is 1. The van der Waals surface area contributed by atoms with Crippen molar-refractivity contribution in [2.45, 2.75) is 37.6 Å². The number of urea groups is 1. The van der Waals surface area contributed by atoms with Crippen LogP contribution in [0.25, 0.3) is 0 Å². The van der Waals surface area contributed by atoms with Gasteiger partial charge in [0.2, 0.25) is 5.91 Å². The molecule has 3 amide bonds. The van der Waals surface area contributed by atoms with E-state index in [0.29, 0.717) is 25.1 Å². The maximum Gasteiger partial charge on any atom is 0.315 e. The number of hydrogen-bond donors (Lipinski definition) is 4. The predicted molar refractivity (Wildman–Crippen MR) is 145 cm³/mol. The van der Waals surface area contributed by atoms with Gasteiger partial charge in [-0.25, -0.2) is 9.78 Å². The van der Waals surface area contributed by atoms with E-state index in [0.717, 1.165) is 16.8 Å². The SMILES string of the molecule is CCC(C(=O)O)C1(c2ccccc2)CN(C(=O)C(Cc2ccc(OC)cc2)NC(=O)NCCc2cnc[nH]2)C1. The Hall–Kier alpha value is -4.34. The number of imidazole rings is 1. The average Bonchev–Trinajstić information content (AvgIpc) is 3.44. The number of aliphatic carboxylic acids is 1. The van der Waals surface area contributed by atoms with E-state index in [1.807, 2.05) is 61.5 Å². The predicted octanol–water partition coefficient (Wildman–Crippen LogP) is 2.76. The summed E-state index contributed by atoms with van der Waals surface area (Å²) in [7, 11) is 1.58. The highest BCUT2D eigenvalue weighted by Crippen LogP contribution is 2.43. The van der Waals surface area contributed by atoms with Crippen molar-refractivity contribution in [2.24, 2.45) is 5.92 Å². The zero-order valence-electron chi connectivity index (χ0n) is 22.2. The molecule has 4 N–H and O–H groups in total. The van der Waals surface area contributed by atoms with Crippen molar-refractivity contribution in [1.29, 1.82) is 0 Å². The summed E-state index contributed by atoms with van der Waals surface area (Å²) in [6, 6.07) is 15.6. The largest absolute Gasteiger partial charge is 0.497 e. The van der Waals surface area contributed by atoms with Gasteiger partial charge in [-0.3, -0.25) is 9.59 Å². The lowest BCUT2D eigenvalue weighted by atomic mass is 9.63. The fourth-order valence-corrected chi connectivity index (χ4v) is 5.33. The minimum absolute atomic E-state index is 0.249. The van der Waals surface area contributed by atoms with Crippen molar-refractivity contribution in [1.82, 2.24) is 25.5 Å². The first kappa shape index (κ1) is 27.7. The van der Waals surface area contributed by atoms with Crippen LogP contribution in [0.5, 0.6) is 5.75 Å². The molecule has 10 nitrogen and oxygen atoms in total. The van der Waals surface area contributed by atoms with Crippen LogP contribution in [0.3, 0.4) is 0 Å². The summed E-state index contributed by atoms with van der Waals surface area (Å²) in [5, 5.41) is 15.6. The Morgan fingerprint density at radius 3 is 2.44 bits per heavy atom. The molecule has 0 saturated carbocycles. The second kappa shape index (κ2) is 12.5. The van der Waals surface area contributed by atoms with Gasteiger partial charge in [-0.05, 0) is 29.7 Å². The molecule has 0 bridgehead atoms. The van der Waals surface area contributed by atoms with Crippen LogP contribution < -0.4 is 15.4 Å². The van der Waals surface area contributed by atoms with Crippen LogP contribution in [0.4, 0.5) is 4.79 Å². The summed E-state index contributed by atoms with van der Waals surface area (Å²) in [5.74, 6) is -1.07. The van der Waals surface area contributed by atoms with Crippen molar-refractivity contribution in [3.05, 3.63) is 83.9 Å². The summed E-state index contributed by atoms with van der Waals surface area (Å²) >= 11 is 0. The lowest BCUT2D eigenvalue weighted by Gasteiger charge is -2.54. The van der Waals surface area contributed by atoms with E-state index in [1.54, 1.807) is 24.5 Å².